The third kappa shape index (κ3) is 4.84. The maximum atomic E-state index is 12.8. The number of nitrogens with zero attached hydrogens (tertiary/aromatic N) is 1. The van der Waals surface area contributed by atoms with Gasteiger partial charge in [-0.05, 0) is 45.4 Å². The Balaban J connectivity index is 1.84. The van der Waals surface area contributed by atoms with Crippen molar-refractivity contribution >= 4 is 17.2 Å². The van der Waals surface area contributed by atoms with Gasteiger partial charge in [-0.2, -0.15) is 0 Å². The number of benzene rings is 1. The molecule has 0 atom stereocenters. The number of halogens is 1. The molecule has 0 bridgehead atoms. The van der Waals surface area contributed by atoms with Crippen LogP contribution in [0.2, 0.25) is 0 Å². The lowest BCUT2D eigenvalue weighted by Gasteiger charge is -2.23. The van der Waals surface area contributed by atoms with Gasteiger partial charge in [-0.15, -0.1) is 11.3 Å². The number of carbonyl (C=O) groups excluding carboxylic acids is 1. The van der Waals surface area contributed by atoms with Crippen LogP contribution in [0.4, 0.5) is 4.39 Å². The highest BCUT2D eigenvalue weighted by atomic mass is 32.1. The molecule has 2 aromatic rings. The maximum Gasteiger partial charge on any atom is 0.234 e. The van der Waals surface area contributed by atoms with Crippen LogP contribution in [0.5, 0.6) is 0 Å². The molecule has 23 heavy (non-hydrogen) atoms. The minimum absolute atomic E-state index is 0.104. The molecule has 0 fully saturated rings. The van der Waals surface area contributed by atoms with Crippen LogP contribution in [0.25, 0.3) is 0 Å². The molecule has 1 heterocycles. The lowest BCUT2D eigenvalue weighted by atomic mass is 10.1. The highest BCUT2D eigenvalue weighted by molar-refractivity contribution is 7.11. The van der Waals surface area contributed by atoms with Gasteiger partial charge >= 0.3 is 0 Å². The first-order valence-corrected chi connectivity index (χ1v) is 8.30. The molecule has 0 aliphatic heterocycles. The summed E-state index contributed by atoms with van der Waals surface area (Å²) in [5.41, 5.74) is 1.53. The highest BCUT2D eigenvalue weighted by Gasteiger charge is 2.25. The lowest BCUT2D eigenvalue weighted by Crippen LogP contribution is -2.43. The SMILES string of the molecule is Cc1nc(C(C)(C)NCC(=O)NCc2ccc(F)cc2)sc1C. The van der Waals surface area contributed by atoms with E-state index in [1.807, 2.05) is 27.7 Å². The maximum absolute atomic E-state index is 12.8. The van der Waals surface area contributed by atoms with Gasteiger partial charge in [-0.25, -0.2) is 9.37 Å². The summed E-state index contributed by atoms with van der Waals surface area (Å²) in [6.45, 7) is 8.64. The van der Waals surface area contributed by atoms with E-state index in [4.69, 9.17) is 0 Å². The zero-order valence-corrected chi connectivity index (χ0v) is 14.7. The van der Waals surface area contributed by atoms with Gasteiger partial charge in [-0.1, -0.05) is 12.1 Å². The van der Waals surface area contributed by atoms with E-state index in [-0.39, 0.29) is 23.8 Å². The number of thiazole rings is 1. The molecule has 0 saturated carbocycles. The van der Waals surface area contributed by atoms with Crippen molar-refractivity contribution in [3.05, 3.63) is 51.2 Å². The summed E-state index contributed by atoms with van der Waals surface area (Å²) in [5.74, 6) is -0.384. The second-order valence-electron chi connectivity index (χ2n) is 6.04. The summed E-state index contributed by atoms with van der Waals surface area (Å²) in [4.78, 5) is 17.7. The van der Waals surface area contributed by atoms with E-state index in [9.17, 15) is 9.18 Å². The van der Waals surface area contributed by atoms with Gasteiger partial charge in [0.15, 0.2) is 0 Å². The molecule has 2 N–H and O–H groups in total. The molecular weight excluding hydrogens is 313 g/mol. The zero-order valence-electron chi connectivity index (χ0n) is 13.9. The molecule has 1 aromatic carbocycles. The Morgan fingerprint density at radius 1 is 1.26 bits per heavy atom. The Labute approximate surface area is 140 Å². The van der Waals surface area contributed by atoms with E-state index in [1.165, 1.54) is 17.0 Å². The van der Waals surface area contributed by atoms with Crippen LogP contribution in [0.15, 0.2) is 24.3 Å². The normalized spacial score (nSPS) is 11.5. The molecule has 4 nitrogen and oxygen atoms in total. The molecule has 1 aromatic heterocycles. The minimum atomic E-state index is -0.364. The van der Waals surface area contributed by atoms with E-state index < -0.39 is 0 Å². The molecule has 0 aliphatic carbocycles. The van der Waals surface area contributed by atoms with E-state index in [0.29, 0.717) is 6.54 Å². The topological polar surface area (TPSA) is 54.0 Å². The Bertz CT molecular complexity index is 660. The second kappa shape index (κ2) is 7.19. The van der Waals surface area contributed by atoms with E-state index in [2.05, 4.69) is 15.6 Å². The average molecular weight is 335 g/mol. The number of amides is 1. The minimum Gasteiger partial charge on any atom is -0.351 e. The summed E-state index contributed by atoms with van der Waals surface area (Å²) < 4.78 is 12.8. The summed E-state index contributed by atoms with van der Waals surface area (Å²) in [5, 5.41) is 7.03. The quantitative estimate of drug-likeness (QED) is 0.853. The number of aryl methyl sites for hydroxylation is 2. The van der Waals surface area contributed by atoms with Crippen LogP contribution in [0, 0.1) is 19.7 Å². The van der Waals surface area contributed by atoms with Crippen LogP contribution >= 0.6 is 11.3 Å². The number of nitrogens with one attached hydrogen (secondary N) is 2. The first-order chi connectivity index (χ1) is 10.8. The standard InChI is InChI=1S/C17H22FN3OS/c1-11-12(2)23-16(21-11)17(3,4)20-10-15(22)19-9-13-5-7-14(18)8-6-13/h5-8,20H,9-10H2,1-4H3,(H,19,22). The van der Waals surface area contributed by atoms with Gasteiger partial charge in [0.25, 0.3) is 0 Å². The van der Waals surface area contributed by atoms with Gasteiger partial charge in [-0.3, -0.25) is 10.1 Å². The first kappa shape index (κ1) is 17.6. The monoisotopic (exact) mass is 335 g/mol. The number of aromatic nitrogens is 1. The third-order valence-electron chi connectivity index (χ3n) is 3.66. The molecule has 6 heteroatoms. The van der Waals surface area contributed by atoms with Crippen molar-refractivity contribution in [3.8, 4) is 0 Å². The number of carbonyl (C=O) groups is 1. The van der Waals surface area contributed by atoms with Crippen molar-refractivity contribution in [2.24, 2.45) is 0 Å². The van der Waals surface area contributed by atoms with Crippen molar-refractivity contribution in [1.82, 2.24) is 15.6 Å². The van der Waals surface area contributed by atoms with Crippen molar-refractivity contribution < 1.29 is 9.18 Å². The van der Waals surface area contributed by atoms with E-state index in [0.717, 1.165) is 16.3 Å². The van der Waals surface area contributed by atoms with Gasteiger partial charge in [0.05, 0.1) is 17.8 Å². The van der Waals surface area contributed by atoms with Crippen LogP contribution in [0.1, 0.15) is 35.0 Å². The van der Waals surface area contributed by atoms with Crippen molar-refractivity contribution in [3.63, 3.8) is 0 Å². The molecule has 1 amide bonds. The van der Waals surface area contributed by atoms with Gasteiger partial charge in [0.1, 0.15) is 10.8 Å². The van der Waals surface area contributed by atoms with E-state index >= 15 is 0 Å². The smallest absolute Gasteiger partial charge is 0.234 e. The molecule has 0 aliphatic rings. The molecule has 0 unspecified atom stereocenters. The largest absolute Gasteiger partial charge is 0.351 e. The lowest BCUT2D eigenvalue weighted by molar-refractivity contribution is -0.120. The summed E-state index contributed by atoms with van der Waals surface area (Å²) >= 11 is 1.64. The Morgan fingerprint density at radius 3 is 2.48 bits per heavy atom. The molecule has 0 radical (unpaired) electrons. The summed E-state index contributed by atoms with van der Waals surface area (Å²) in [6.07, 6.45) is 0. The van der Waals surface area contributed by atoms with Crippen molar-refractivity contribution in [1.29, 1.82) is 0 Å². The van der Waals surface area contributed by atoms with Crippen LogP contribution in [-0.4, -0.2) is 17.4 Å². The number of hydrogen-bond donors (Lipinski definition) is 2. The summed E-state index contributed by atoms with van der Waals surface area (Å²) in [6, 6.07) is 6.09. The van der Waals surface area contributed by atoms with Gasteiger partial charge in [0, 0.05) is 11.4 Å². The number of hydrogen-bond acceptors (Lipinski definition) is 4. The molecule has 0 saturated heterocycles. The van der Waals surface area contributed by atoms with E-state index in [1.54, 1.807) is 23.5 Å². The molecular formula is C17H22FN3OS. The Kier molecular flexibility index (Phi) is 5.49. The summed E-state index contributed by atoms with van der Waals surface area (Å²) in [7, 11) is 0. The molecule has 124 valence electrons. The predicted molar refractivity (Wildman–Crippen MR) is 90.9 cm³/mol. The fraction of sp³-hybridized carbons (Fsp3) is 0.412. The molecule has 2 rings (SSSR count). The van der Waals surface area contributed by atoms with Crippen molar-refractivity contribution in [2.45, 2.75) is 39.8 Å². The Hall–Kier alpha value is -1.79. The second-order valence-corrected chi connectivity index (χ2v) is 7.25. The predicted octanol–water partition coefficient (Wildman–Crippen LogP) is 3.04. The van der Waals surface area contributed by atoms with Gasteiger partial charge in [0.2, 0.25) is 5.91 Å². The van der Waals surface area contributed by atoms with Gasteiger partial charge < -0.3 is 5.32 Å². The molecule has 0 spiro atoms. The van der Waals surface area contributed by atoms with Crippen LogP contribution in [0.3, 0.4) is 0 Å². The number of rotatable bonds is 6. The van der Waals surface area contributed by atoms with Crippen LogP contribution < -0.4 is 10.6 Å². The van der Waals surface area contributed by atoms with Crippen molar-refractivity contribution in [2.75, 3.05) is 6.54 Å². The zero-order chi connectivity index (χ0) is 17.0. The average Bonchev–Trinajstić information content (AvgIpc) is 2.85. The van der Waals surface area contributed by atoms with Crippen LogP contribution in [-0.2, 0) is 16.9 Å². The first-order valence-electron chi connectivity index (χ1n) is 7.48. The third-order valence-corrected chi connectivity index (χ3v) is 5.05. The highest BCUT2D eigenvalue weighted by Crippen LogP contribution is 2.26. The fourth-order valence-electron chi connectivity index (χ4n) is 1.98. The fourth-order valence-corrected chi connectivity index (χ4v) is 2.98. The Morgan fingerprint density at radius 2 is 1.91 bits per heavy atom.